The van der Waals surface area contributed by atoms with E-state index in [1.54, 1.807) is 48.5 Å². The highest BCUT2D eigenvalue weighted by Crippen LogP contribution is 2.16. The maximum absolute atomic E-state index is 12.1. The van der Waals surface area contributed by atoms with Gasteiger partial charge in [-0.2, -0.15) is 8.78 Å². The van der Waals surface area contributed by atoms with Gasteiger partial charge in [0.1, 0.15) is 5.75 Å². The Morgan fingerprint density at radius 2 is 1.59 bits per heavy atom. The Morgan fingerprint density at radius 1 is 0.931 bits per heavy atom. The van der Waals surface area contributed by atoms with Crippen molar-refractivity contribution in [1.29, 1.82) is 0 Å². The number of hydrogen-bond donors (Lipinski definition) is 3. The fourth-order valence-electron chi connectivity index (χ4n) is 2.38. The lowest BCUT2D eigenvalue weighted by atomic mass is 10.2. The molecule has 0 unspecified atom stereocenters. The molecule has 0 aliphatic rings. The van der Waals surface area contributed by atoms with Crippen LogP contribution >= 0.6 is 0 Å². The Balaban J connectivity index is 1.46. The van der Waals surface area contributed by atoms with Gasteiger partial charge in [-0.05, 0) is 54.1 Å². The Labute approximate surface area is 164 Å². The standard InChI is InChI=1S/C20H17F2N3O4/c21-19(22)29-16-9-3-13(4-10-16)12-23-20(27)25-15-7-5-14(6-8-15)24-18(26)17-2-1-11-28-17/h1-11,19H,12H2,(H,24,26)(H2,23,25,27). The molecule has 3 aromatic rings. The maximum Gasteiger partial charge on any atom is 0.387 e. The second kappa shape index (κ2) is 9.36. The van der Waals surface area contributed by atoms with E-state index < -0.39 is 12.6 Å². The van der Waals surface area contributed by atoms with Crippen molar-refractivity contribution in [2.75, 3.05) is 10.6 Å². The lowest BCUT2D eigenvalue weighted by Crippen LogP contribution is -2.28. The third kappa shape index (κ3) is 6.06. The summed E-state index contributed by atoms with van der Waals surface area (Å²) < 4.78 is 33.5. The number of anilines is 2. The molecular weight excluding hydrogens is 384 g/mol. The van der Waals surface area contributed by atoms with Gasteiger partial charge in [0.15, 0.2) is 5.76 Å². The Bertz CT molecular complexity index is 943. The molecule has 1 aromatic heterocycles. The molecule has 9 heteroatoms. The van der Waals surface area contributed by atoms with Crippen LogP contribution in [0.2, 0.25) is 0 Å². The molecule has 0 saturated heterocycles. The van der Waals surface area contributed by atoms with E-state index in [4.69, 9.17) is 4.42 Å². The van der Waals surface area contributed by atoms with Gasteiger partial charge in [0, 0.05) is 17.9 Å². The van der Waals surface area contributed by atoms with E-state index >= 15 is 0 Å². The maximum atomic E-state index is 12.1. The molecule has 0 aliphatic carbocycles. The van der Waals surface area contributed by atoms with Crippen LogP contribution in [0.25, 0.3) is 0 Å². The average molecular weight is 401 g/mol. The largest absolute Gasteiger partial charge is 0.459 e. The van der Waals surface area contributed by atoms with E-state index in [2.05, 4.69) is 20.7 Å². The summed E-state index contributed by atoms with van der Waals surface area (Å²) in [6, 6.07) is 15.2. The monoisotopic (exact) mass is 401 g/mol. The third-order valence-electron chi connectivity index (χ3n) is 3.75. The SMILES string of the molecule is O=C(NCc1ccc(OC(F)F)cc1)Nc1ccc(NC(=O)c2ccco2)cc1. The summed E-state index contributed by atoms with van der Waals surface area (Å²) in [7, 11) is 0. The highest BCUT2D eigenvalue weighted by atomic mass is 19.3. The molecule has 29 heavy (non-hydrogen) atoms. The molecule has 0 radical (unpaired) electrons. The number of furan rings is 1. The Kier molecular flexibility index (Phi) is 6.41. The van der Waals surface area contributed by atoms with E-state index in [1.807, 2.05) is 0 Å². The summed E-state index contributed by atoms with van der Waals surface area (Å²) in [6.07, 6.45) is 1.41. The highest BCUT2D eigenvalue weighted by Gasteiger charge is 2.09. The lowest BCUT2D eigenvalue weighted by molar-refractivity contribution is -0.0498. The van der Waals surface area contributed by atoms with Crippen LogP contribution in [-0.2, 0) is 6.54 Å². The first-order chi connectivity index (χ1) is 14.0. The van der Waals surface area contributed by atoms with Gasteiger partial charge >= 0.3 is 12.6 Å². The van der Waals surface area contributed by atoms with Crippen molar-refractivity contribution in [2.24, 2.45) is 0 Å². The van der Waals surface area contributed by atoms with Crippen LogP contribution in [0.3, 0.4) is 0 Å². The molecule has 3 N–H and O–H groups in total. The first-order valence-electron chi connectivity index (χ1n) is 8.53. The molecule has 0 fully saturated rings. The first kappa shape index (κ1) is 19.9. The number of rotatable bonds is 7. The Morgan fingerprint density at radius 3 is 2.17 bits per heavy atom. The zero-order valence-electron chi connectivity index (χ0n) is 15.0. The van der Waals surface area contributed by atoms with Crippen molar-refractivity contribution in [3.8, 4) is 5.75 Å². The first-order valence-corrected chi connectivity index (χ1v) is 8.53. The van der Waals surface area contributed by atoms with Gasteiger partial charge in [0.05, 0.1) is 6.26 Å². The summed E-state index contributed by atoms with van der Waals surface area (Å²) >= 11 is 0. The lowest BCUT2D eigenvalue weighted by Gasteiger charge is -2.10. The topological polar surface area (TPSA) is 92.6 Å². The summed E-state index contributed by atoms with van der Waals surface area (Å²) in [5, 5.41) is 7.97. The van der Waals surface area contributed by atoms with Crippen molar-refractivity contribution in [2.45, 2.75) is 13.2 Å². The van der Waals surface area contributed by atoms with E-state index in [0.717, 1.165) is 5.56 Å². The molecule has 0 atom stereocenters. The summed E-state index contributed by atoms with van der Waals surface area (Å²) in [6.45, 7) is -2.67. The van der Waals surface area contributed by atoms with Crippen LogP contribution < -0.4 is 20.7 Å². The van der Waals surface area contributed by atoms with Crippen molar-refractivity contribution in [3.05, 3.63) is 78.3 Å². The van der Waals surface area contributed by atoms with E-state index in [-0.39, 0.29) is 24.0 Å². The van der Waals surface area contributed by atoms with Gasteiger partial charge in [0.2, 0.25) is 0 Å². The van der Waals surface area contributed by atoms with Gasteiger partial charge in [-0.3, -0.25) is 4.79 Å². The number of carbonyl (C=O) groups is 2. The molecule has 1 heterocycles. The van der Waals surface area contributed by atoms with Crippen molar-refractivity contribution >= 4 is 23.3 Å². The van der Waals surface area contributed by atoms with Gasteiger partial charge in [-0.25, -0.2) is 4.79 Å². The normalized spacial score (nSPS) is 10.4. The number of benzene rings is 2. The van der Waals surface area contributed by atoms with Crippen LogP contribution in [0.1, 0.15) is 16.1 Å². The number of hydrogen-bond acceptors (Lipinski definition) is 4. The number of carbonyl (C=O) groups excluding carboxylic acids is 2. The predicted molar refractivity (Wildman–Crippen MR) is 102 cm³/mol. The van der Waals surface area contributed by atoms with Gasteiger partial charge < -0.3 is 25.1 Å². The second-order valence-electron chi connectivity index (χ2n) is 5.84. The van der Waals surface area contributed by atoms with E-state index in [9.17, 15) is 18.4 Å². The molecular formula is C20H17F2N3O4. The third-order valence-corrected chi connectivity index (χ3v) is 3.75. The number of halogens is 2. The second-order valence-corrected chi connectivity index (χ2v) is 5.84. The molecule has 2 aromatic carbocycles. The number of alkyl halides is 2. The van der Waals surface area contributed by atoms with Crippen molar-refractivity contribution < 1.29 is 27.5 Å². The van der Waals surface area contributed by atoms with Crippen molar-refractivity contribution in [1.82, 2.24) is 5.32 Å². The molecule has 0 saturated carbocycles. The van der Waals surface area contributed by atoms with E-state index in [1.165, 1.54) is 18.4 Å². The molecule has 3 amide bonds. The smallest absolute Gasteiger partial charge is 0.387 e. The zero-order chi connectivity index (χ0) is 20.6. The molecule has 0 aliphatic heterocycles. The fourth-order valence-corrected chi connectivity index (χ4v) is 2.38. The minimum Gasteiger partial charge on any atom is -0.459 e. The quantitative estimate of drug-likeness (QED) is 0.545. The number of urea groups is 1. The molecule has 3 rings (SSSR count). The Hall–Kier alpha value is -3.88. The van der Waals surface area contributed by atoms with Crippen LogP contribution in [0.4, 0.5) is 25.0 Å². The van der Waals surface area contributed by atoms with Crippen LogP contribution in [0, 0.1) is 0 Å². The summed E-state index contributed by atoms with van der Waals surface area (Å²) in [5.74, 6) is -0.133. The van der Waals surface area contributed by atoms with Gasteiger partial charge in [-0.15, -0.1) is 0 Å². The number of nitrogens with one attached hydrogen (secondary N) is 3. The predicted octanol–water partition coefficient (Wildman–Crippen LogP) is 4.46. The van der Waals surface area contributed by atoms with Gasteiger partial charge in [0.25, 0.3) is 5.91 Å². The molecule has 0 bridgehead atoms. The molecule has 0 spiro atoms. The molecule has 7 nitrogen and oxygen atoms in total. The highest BCUT2D eigenvalue weighted by molar-refractivity contribution is 6.02. The van der Waals surface area contributed by atoms with E-state index in [0.29, 0.717) is 11.4 Å². The number of amides is 3. The van der Waals surface area contributed by atoms with Crippen molar-refractivity contribution in [3.63, 3.8) is 0 Å². The minimum absolute atomic E-state index is 0.0485. The van der Waals surface area contributed by atoms with Crippen LogP contribution in [0.5, 0.6) is 5.75 Å². The summed E-state index contributed by atoms with van der Waals surface area (Å²) in [5.41, 5.74) is 1.79. The zero-order valence-corrected chi connectivity index (χ0v) is 15.0. The summed E-state index contributed by atoms with van der Waals surface area (Å²) in [4.78, 5) is 23.9. The van der Waals surface area contributed by atoms with Crippen LogP contribution in [-0.4, -0.2) is 18.5 Å². The molecule has 150 valence electrons. The van der Waals surface area contributed by atoms with Gasteiger partial charge in [-0.1, -0.05) is 12.1 Å². The number of ether oxygens (including phenoxy) is 1. The average Bonchev–Trinajstić information content (AvgIpc) is 3.24. The van der Waals surface area contributed by atoms with Crippen LogP contribution in [0.15, 0.2) is 71.3 Å². The minimum atomic E-state index is -2.88. The fraction of sp³-hybridized carbons (Fsp3) is 0.100.